The Kier molecular flexibility index (Phi) is 6.53. The second-order valence-electron chi connectivity index (χ2n) is 8.89. The first-order chi connectivity index (χ1) is 13.3. The van der Waals surface area contributed by atoms with E-state index in [1.807, 2.05) is 30.3 Å². The molecule has 0 amide bonds. The Hall–Kier alpha value is -2.67. The van der Waals surface area contributed by atoms with E-state index in [4.69, 9.17) is 14.3 Å². The maximum Gasteiger partial charge on any atom is 0.383 e. The van der Waals surface area contributed by atoms with Gasteiger partial charge in [-0.05, 0) is 53.2 Å². The van der Waals surface area contributed by atoms with Crippen molar-refractivity contribution in [1.82, 2.24) is 0 Å². The van der Waals surface area contributed by atoms with Crippen LogP contribution in [0.1, 0.15) is 53.5 Å². The average molecular weight is 403 g/mol. The van der Waals surface area contributed by atoms with Crippen LogP contribution in [0.15, 0.2) is 41.6 Å². The van der Waals surface area contributed by atoms with Crippen molar-refractivity contribution in [1.29, 1.82) is 0 Å². The summed E-state index contributed by atoms with van der Waals surface area (Å²) >= 11 is 0. The first-order valence-corrected chi connectivity index (χ1v) is 9.47. The summed E-state index contributed by atoms with van der Waals surface area (Å²) in [5.41, 5.74) is -0.431. The number of aliphatic hydroxyl groups is 1. The number of ether oxygens (including phenoxy) is 2. The van der Waals surface area contributed by atoms with E-state index >= 15 is 0 Å². The highest BCUT2D eigenvalue weighted by molar-refractivity contribution is 6.05. The van der Waals surface area contributed by atoms with Gasteiger partial charge in [0.1, 0.15) is 11.2 Å². The maximum atomic E-state index is 12.6. The molecule has 0 saturated heterocycles. The molecular formula is C22H29NO6. The van der Waals surface area contributed by atoms with Crippen LogP contribution in [0.3, 0.4) is 0 Å². The van der Waals surface area contributed by atoms with E-state index < -0.39 is 34.8 Å². The van der Waals surface area contributed by atoms with Gasteiger partial charge >= 0.3 is 17.7 Å². The Morgan fingerprint density at radius 2 is 1.66 bits per heavy atom. The van der Waals surface area contributed by atoms with Gasteiger partial charge in [0.25, 0.3) is 0 Å². The van der Waals surface area contributed by atoms with Crippen LogP contribution < -0.4 is 0 Å². The molecule has 0 aromatic heterocycles. The molecule has 1 aromatic carbocycles. The Morgan fingerprint density at radius 1 is 1.07 bits per heavy atom. The van der Waals surface area contributed by atoms with Gasteiger partial charge in [-0.2, -0.15) is 0 Å². The van der Waals surface area contributed by atoms with Gasteiger partial charge in [-0.3, -0.25) is 4.79 Å². The van der Waals surface area contributed by atoms with E-state index in [0.717, 1.165) is 5.56 Å². The molecule has 0 radical (unpaired) electrons. The van der Waals surface area contributed by atoms with Crippen molar-refractivity contribution in [2.24, 2.45) is 11.1 Å². The number of esters is 2. The van der Waals surface area contributed by atoms with Crippen molar-refractivity contribution in [3.63, 3.8) is 0 Å². The number of rotatable bonds is 5. The molecule has 29 heavy (non-hydrogen) atoms. The molecule has 0 bridgehead atoms. The first-order valence-electron chi connectivity index (χ1n) is 9.47. The van der Waals surface area contributed by atoms with Gasteiger partial charge in [-0.1, -0.05) is 41.6 Å². The van der Waals surface area contributed by atoms with E-state index in [1.165, 1.54) is 0 Å². The topological polar surface area (TPSA) is 94.4 Å². The number of oxime groups is 1. The van der Waals surface area contributed by atoms with Crippen LogP contribution in [0.5, 0.6) is 0 Å². The third-order valence-corrected chi connectivity index (χ3v) is 3.85. The molecule has 7 heteroatoms. The molecule has 1 heterocycles. The zero-order valence-electron chi connectivity index (χ0n) is 17.8. The molecule has 7 nitrogen and oxygen atoms in total. The fraction of sp³-hybridized carbons (Fsp3) is 0.500. The van der Waals surface area contributed by atoms with Gasteiger partial charge in [-0.25, -0.2) is 4.79 Å². The average Bonchev–Trinajstić information content (AvgIpc) is 2.88. The smallest absolute Gasteiger partial charge is 0.383 e. The summed E-state index contributed by atoms with van der Waals surface area (Å²) in [5, 5.41) is 14.8. The summed E-state index contributed by atoms with van der Waals surface area (Å²) in [6.45, 7) is 10.2. The number of carbonyl (C=O) groups excluding carboxylic acids is 2. The number of carbonyl (C=O) groups is 2. The summed E-state index contributed by atoms with van der Waals surface area (Å²) in [5.74, 6) is -5.09. The Balaban J connectivity index is 2.29. The predicted molar refractivity (Wildman–Crippen MR) is 109 cm³/mol. The second kappa shape index (κ2) is 8.37. The van der Waals surface area contributed by atoms with Crippen LogP contribution in [-0.4, -0.2) is 39.7 Å². The lowest BCUT2D eigenvalue weighted by atomic mass is 9.89. The van der Waals surface area contributed by atoms with Crippen molar-refractivity contribution in [2.75, 3.05) is 0 Å². The molecule has 2 rings (SSSR count). The summed E-state index contributed by atoms with van der Waals surface area (Å²) < 4.78 is 10.6. The summed E-state index contributed by atoms with van der Waals surface area (Å²) in [4.78, 5) is 30.1. The third kappa shape index (κ3) is 6.42. The quantitative estimate of drug-likeness (QED) is 0.757. The largest absolute Gasteiger partial charge is 0.460 e. The SMILES string of the molecule is CC(C)(C)OC(=O)C[C@H]1C(/C=C/c2ccccc2)=NO[C@]1(O)C(=O)OC(C)(C)C. The minimum atomic E-state index is -2.42. The number of benzene rings is 1. The molecule has 0 saturated carbocycles. The molecule has 1 aromatic rings. The van der Waals surface area contributed by atoms with E-state index in [1.54, 1.807) is 53.7 Å². The monoisotopic (exact) mass is 403 g/mol. The molecule has 0 fully saturated rings. The van der Waals surface area contributed by atoms with Crippen molar-refractivity contribution < 1.29 is 29.0 Å². The summed E-state index contributed by atoms with van der Waals surface area (Å²) in [6, 6.07) is 9.41. The number of nitrogens with zero attached hydrogens (tertiary/aromatic N) is 1. The molecule has 1 aliphatic heterocycles. The van der Waals surface area contributed by atoms with E-state index in [9.17, 15) is 14.7 Å². The number of allylic oxidation sites excluding steroid dienone is 1. The molecule has 0 spiro atoms. The molecule has 158 valence electrons. The Bertz CT molecular complexity index is 801. The molecule has 0 unspecified atom stereocenters. The lowest BCUT2D eigenvalue weighted by Gasteiger charge is -2.29. The van der Waals surface area contributed by atoms with E-state index in [-0.39, 0.29) is 12.1 Å². The number of hydrogen-bond acceptors (Lipinski definition) is 7. The Morgan fingerprint density at radius 3 is 2.21 bits per heavy atom. The van der Waals surface area contributed by atoms with Crippen LogP contribution in [0.25, 0.3) is 6.08 Å². The van der Waals surface area contributed by atoms with Crippen LogP contribution in [0, 0.1) is 5.92 Å². The highest BCUT2D eigenvalue weighted by atomic mass is 16.8. The van der Waals surface area contributed by atoms with Gasteiger partial charge in [0.2, 0.25) is 0 Å². The molecule has 1 N–H and O–H groups in total. The van der Waals surface area contributed by atoms with Gasteiger partial charge < -0.3 is 19.4 Å². The van der Waals surface area contributed by atoms with Crippen LogP contribution >= 0.6 is 0 Å². The molecular weight excluding hydrogens is 374 g/mol. The zero-order chi connectivity index (χ0) is 21.9. The second-order valence-corrected chi connectivity index (χ2v) is 8.89. The predicted octanol–water partition coefficient (Wildman–Crippen LogP) is 3.46. The van der Waals surface area contributed by atoms with Gasteiger partial charge in [-0.15, -0.1) is 0 Å². The molecule has 0 aliphatic carbocycles. The minimum absolute atomic E-state index is 0.244. The van der Waals surface area contributed by atoms with Gasteiger partial charge in [0.05, 0.1) is 18.1 Å². The van der Waals surface area contributed by atoms with Crippen molar-refractivity contribution in [3.05, 3.63) is 42.0 Å². The molecule has 2 atom stereocenters. The standard InChI is InChI=1S/C22H29NO6/c1-20(2,3)27-18(24)14-16-17(13-12-15-10-8-7-9-11-15)23-29-22(16,26)19(25)28-21(4,5)6/h7-13,16,26H,14H2,1-6H3/b13-12+/t16-,22-/m0/s1. The van der Waals surface area contributed by atoms with Crippen molar-refractivity contribution in [3.8, 4) is 0 Å². The van der Waals surface area contributed by atoms with Crippen LogP contribution in [0.2, 0.25) is 0 Å². The van der Waals surface area contributed by atoms with Crippen molar-refractivity contribution >= 4 is 23.7 Å². The highest BCUT2D eigenvalue weighted by Crippen LogP contribution is 2.34. The normalized spacial score (nSPS) is 22.2. The minimum Gasteiger partial charge on any atom is -0.460 e. The first kappa shape index (κ1) is 22.6. The van der Waals surface area contributed by atoms with E-state index in [2.05, 4.69) is 5.16 Å². The lowest BCUT2D eigenvalue weighted by molar-refractivity contribution is -0.240. The van der Waals surface area contributed by atoms with Crippen LogP contribution in [0.4, 0.5) is 0 Å². The third-order valence-electron chi connectivity index (χ3n) is 3.85. The fourth-order valence-electron chi connectivity index (χ4n) is 2.67. The van der Waals surface area contributed by atoms with E-state index in [0.29, 0.717) is 0 Å². The summed E-state index contributed by atoms with van der Waals surface area (Å²) in [7, 11) is 0. The van der Waals surface area contributed by atoms with Gasteiger partial charge in [0.15, 0.2) is 0 Å². The zero-order valence-corrected chi connectivity index (χ0v) is 17.8. The molecule has 1 aliphatic rings. The fourth-order valence-corrected chi connectivity index (χ4v) is 2.67. The van der Waals surface area contributed by atoms with Gasteiger partial charge in [0, 0.05) is 0 Å². The highest BCUT2D eigenvalue weighted by Gasteiger charge is 2.56. The lowest BCUT2D eigenvalue weighted by Crippen LogP contribution is -2.50. The summed E-state index contributed by atoms with van der Waals surface area (Å²) in [6.07, 6.45) is 3.06. The van der Waals surface area contributed by atoms with Crippen molar-refractivity contribution in [2.45, 2.75) is 65.0 Å². The Labute approximate surface area is 171 Å². The number of hydrogen-bond donors (Lipinski definition) is 1. The maximum absolute atomic E-state index is 12.6. The van der Waals surface area contributed by atoms with Crippen LogP contribution in [-0.2, 0) is 23.9 Å².